The number of sulfonamides is 1. The fourth-order valence-corrected chi connectivity index (χ4v) is 4.93. The van der Waals surface area contributed by atoms with Gasteiger partial charge in [-0.25, -0.2) is 8.42 Å². The molecule has 1 amide bonds. The average molecular weight is 387 g/mol. The fourth-order valence-electron chi connectivity index (χ4n) is 3.46. The third-order valence-electron chi connectivity index (χ3n) is 5.04. The Balaban J connectivity index is 1.58. The minimum absolute atomic E-state index is 0.106. The molecule has 1 aliphatic heterocycles. The molecule has 0 radical (unpaired) electrons. The van der Waals surface area contributed by atoms with E-state index in [0.29, 0.717) is 30.4 Å². The fraction of sp³-hybridized carbons (Fsp3) is 0.381. The maximum atomic E-state index is 12.9. The predicted molar refractivity (Wildman–Crippen MR) is 106 cm³/mol. The molecule has 0 spiro atoms. The molecule has 2 aromatic rings. The highest BCUT2D eigenvalue weighted by molar-refractivity contribution is 7.89. The first-order chi connectivity index (χ1) is 12.9. The van der Waals surface area contributed by atoms with E-state index in [1.165, 1.54) is 12.5 Å². The molecule has 1 fully saturated rings. The zero-order valence-electron chi connectivity index (χ0n) is 15.6. The van der Waals surface area contributed by atoms with E-state index in [4.69, 9.17) is 0 Å². The number of rotatable bonds is 6. The topological polar surface area (TPSA) is 66.5 Å². The molecule has 0 bridgehead atoms. The number of carbonyl (C=O) groups is 1. The van der Waals surface area contributed by atoms with Crippen LogP contribution < -0.4 is 5.32 Å². The van der Waals surface area contributed by atoms with Gasteiger partial charge in [0.15, 0.2) is 0 Å². The van der Waals surface area contributed by atoms with Crippen LogP contribution >= 0.6 is 0 Å². The van der Waals surface area contributed by atoms with Crippen molar-refractivity contribution in [2.45, 2.75) is 37.6 Å². The second kappa shape index (κ2) is 8.67. The highest BCUT2D eigenvalue weighted by Crippen LogP contribution is 2.26. The number of benzene rings is 2. The maximum absolute atomic E-state index is 12.9. The number of carbonyl (C=O) groups excluding carboxylic acids is 1. The lowest BCUT2D eigenvalue weighted by Gasteiger charge is -2.31. The molecule has 0 saturated carbocycles. The van der Waals surface area contributed by atoms with Crippen LogP contribution in [0.2, 0.25) is 0 Å². The molecule has 6 heteroatoms. The molecule has 27 heavy (non-hydrogen) atoms. The number of nitrogens with one attached hydrogen (secondary N) is 1. The van der Waals surface area contributed by atoms with Gasteiger partial charge < -0.3 is 5.32 Å². The van der Waals surface area contributed by atoms with Crippen molar-refractivity contribution in [2.75, 3.05) is 13.1 Å². The van der Waals surface area contributed by atoms with Crippen LogP contribution in [-0.2, 0) is 27.8 Å². The van der Waals surface area contributed by atoms with E-state index in [0.717, 1.165) is 24.8 Å². The van der Waals surface area contributed by atoms with Gasteiger partial charge in [0.1, 0.15) is 0 Å². The van der Waals surface area contributed by atoms with Crippen LogP contribution in [0.25, 0.3) is 0 Å². The zero-order valence-corrected chi connectivity index (χ0v) is 16.4. The monoisotopic (exact) mass is 386 g/mol. The standard InChI is InChI=1S/C21H26N2O3S/c1-17(24)22-16-20-7-9-21(10-8-20)27(25,26)23-13-11-19(12-14-23)15-18-5-3-2-4-6-18/h2-10,19H,11-16H2,1H3,(H,22,24). The number of amides is 1. The molecule has 2 aromatic carbocycles. The first kappa shape index (κ1) is 19.6. The van der Waals surface area contributed by atoms with E-state index < -0.39 is 10.0 Å². The Labute approximate surface area is 161 Å². The van der Waals surface area contributed by atoms with Crippen LogP contribution in [-0.4, -0.2) is 31.7 Å². The molecule has 1 heterocycles. The molecule has 1 aliphatic rings. The van der Waals surface area contributed by atoms with Crippen LogP contribution in [0.4, 0.5) is 0 Å². The van der Waals surface area contributed by atoms with E-state index >= 15 is 0 Å². The minimum Gasteiger partial charge on any atom is -0.352 e. The molecule has 3 rings (SSSR count). The van der Waals surface area contributed by atoms with Crippen LogP contribution in [0.5, 0.6) is 0 Å². The van der Waals surface area contributed by atoms with Crippen molar-refractivity contribution >= 4 is 15.9 Å². The summed E-state index contributed by atoms with van der Waals surface area (Å²) in [5, 5.41) is 2.71. The Morgan fingerprint density at radius 3 is 2.22 bits per heavy atom. The Morgan fingerprint density at radius 2 is 1.63 bits per heavy atom. The third kappa shape index (κ3) is 5.17. The van der Waals surface area contributed by atoms with Gasteiger partial charge in [0.05, 0.1) is 4.90 Å². The molecule has 0 atom stereocenters. The summed E-state index contributed by atoms with van der Waals surface area (Å²) >= 11 is 0. The largest absolute Gasteiger partial charge is 0.352 e. The van der Waals surface area contributed by atoms with Crippen LogP contribution in [0.1, 0.15) is 30.9 Å². The Kier molecular flexibility index (Phi) is 6.29. The minimum atomic E-state index is -3.46. The number of hydrogen-bond donors (Lipinski definition) is 1. The molecule has 1 saturated heterocycles. The summed E-state index contributed by atoms with van der Waals surface area (Å²) in [6.07, 6.45) is 2.77. The molecule has 1 N–H and O–H groups in total. The van der Waals surface area contributed by atoms with E-state index in [1.54, 1.807) is 28.6 Å². The lowest BCUT2D eigenvalue weighted by atomic mass is 9.91. The Bertz CT molecular complexity index is 856. The lowest BCUT2D eigenvalue weighted by Crippen LogP contribution is -2.38. The predicted octanol–water partition coefficient (Wildman–Crippen LogP) is 2.97. The van der Waals surface area contributed by atoms with Crippen LogP contribution in [0, 0.1) is 5.92 Å². The Hall–Kier alpha value is -2.18. The summed E-state index contributed by atoms with van der Waals surface area (Å²) in [6, 6.07) is 17.1. The molecule has 0 aromatic heterocycles. The van der Waals surface area contributed by atoms with Crippen molar-refractivity contribution in [3.8, 4) is 0 Å². The molecule has 5 nitrogen and oxygen atoms in total. The van der Waals surface area contributed by atoms with E-state index in [1.807, 2.05) is 18.2 Å². The summed E-state index contributed by atoms with van der Waals surface area (Å²) in [6.45, 7) is 2.99. The van der Waals surface area contributed by atoms with Gasteiger partial charge in [-0.1, -0.05) is 42.5 Å². The highest BCUT2D eigenvalue weighted by Gasteiger charge is 2.29. The van der Waals surface area contributed by atoms with Crippen molar-refractivity contribution in [2.24, 2.45) is 5.92 Å². The zero-order chi connectivity index (χ0) is 19.3. The van der Waals surface area contributed by atoms with Gasteiger partial charge in [0, 0.05) is 26.6 Å². The van der Waals surface area contributed by atoms with Crippen molar-refractivity contribution < 1.29 is 13.2 Å². The van der Waals surface area contributed by atoms with E-state index in [9.17, 15) is 13.2 Å². The second-order valence-electron chi connectivity index (χ2n) is 7.09. The molecular weight excluding hydrogens is 360 g/mol. The SMILES string of the molecule is CC(=O)NCc1ccc(S(=O)(=O)N2CCC(Cc3ccccc3)CC2)cc1. The van der Waals surface area contributed by atoms with Gasteiger partial charge in [-0.15, -0.1) is 0 Å². The van der Waals surface area contributed by atoms with Crippen molar-refractivity contribution in [1.29, 1.82) is 0 Å². The summed E-state index contributed by atoms with van der Waals surface area (Å²) in [5.41, 5.74) is 2.19. The summed E-state index contributed by atoms with van der Waals surface area (Å²) in [5.74, 6) is 0.420. The van der Waals surface area contributed by atoms with Crippen molar-refractivity contribution in [1.82, 2.24) is 9.62 Å². The first-order valence-corrected chi connectivity index (χ1v) is 10.8. The van der Waals surface area contributed by atoms with Crippen LogP contribution in [0.3, 0.4) is 0 Å². The first-order valence-electron chi connectivity index (χ1n) is 9.32. The van der Waals surface area contributed by atoms with Gasteiger partial charge in [-0.05, 0) is 48.4 Å². The van der Waals surface area contributed by atoms with Crippen molar-refractivity contribution in [3.63, 3.8) is 0 Å². The van der Waals surface area contributed by atoms with E-state index in [2.05, 4.69) is 17.4 Å². The van der Waals surface area contributed by atoms with Gasteiger partial charge in [-0.2, -0.15) is 4.31 Å². The van der Waals surface area contributed by atoms with Gasteiger partial charge in [0.25, 0.3) is 0 Å². The number of nitrogens with zero attached hydrogens (tertiary/aromatic N) is 1. The smallest absolute Gasteiger partial charge is 0.243 e. The third-order valence-corrected chi connectivity index (χ3v) is 6.96. The molecule has 0 aliphatic carbocycles. The second-order valence-corrected chi connectivity index (χ2v) is 9.03. The van der Waals surface area contributed by atoms with Crippen LogP contribution in [0.15, 0.2) is 59.5 Å². The quantitative estimate of drug-likeness (QED) is 0.830. The summed E-state index contributed by atoms with van der Waals surface area (Å²) in [7, 11) is -3.46. The molecular formula is C21H26N2O3S. The van der Waals surface area contributed by atoms with Crippen molar-refractivity contribution in [3.05, 3.63) is 65.7 Å². The average Bonchev–Trinajstić information content (AvgIpc) is 2.68. The van der Waals surface area contributed by atoms with Gasteiger partial charge in [0.2, 0.25) is 15.9 Å². The Morgan fingerprint density at radius 1 is 1.00 bits per heavy atom. The summed E-state index contributed by atoms with van der Waals surface area (Å²) < 4.78 is 27.4. The number of piperidine rings is 1. The molecule has 144 valence electrons. The maximum Gasteiger partial charge on any atom is 0.243 e. The van der Waals surface area contributed by atoms with E-state index in [-0.39, 0.29) is 5.91 Å². The normalized spacial score (nSPS) is 16.2. The highest BCUT2D eigenvalue weighted by atomic mass is 32.2. The van der Waals surface area contributed by atoms with Gasteiger partial charge >= 0.3 is 0 Å². The lowest BCUT2D eigenvalue weighted by molar-refractivity contribution is -0.119. The molecule has 0 unspecified atom stereocenters. The number of hydrogen-bond acceptors (Lipinski definition) is 3. The summed E-state index contributed by atoms with van der Waals surface area (Å²) in [4.78, 5) is 11.3. The van der Waals surface area contributed by atoms with Gasteiger partial charge in [-0.3, -0.25) is 4.79 Å².